The lowest BCUT2D eigenvalue weighted by molar-refractivity contribution is 0.296. The van der Waals surface area contributed by atoms with Crippen LogP contribution in [0.5, 0.6) is 5.75 Å². The third-order valence-electron chi connectivity index (χ3n) is 3.99. The standard InChI is InChI=1S/C18H30BrNO/c1-13(2)20-10-9-18(4,5)8-7-15-12-16(19)14(3)11-17(15)21-6/h11-13,20H,7-10H2,1-6H3. The minimum Gasteiger partial charge on any atom is -0.496 e. The molecule has 21 heavy (non-hydrogen) atoms. The normalized spacial score (nSPS) is 12.0. The van der Waals surface area contributed by atoms with E-state index in [1.807, 2.05) is 0 Å². The van der Waals surface area contributed by atoms with Crippen molar-refractivity contribution in [1.82, 2.24) is 5.32 Å². The molecule has 0 heterocycles. The molecule has 0 radical (unpaired) electrons. The molecule has 1 N–H and O–H groups in total. The summed E-state index contributed by atoms with van der Waals surface area (Å²) in [5, 5.41) is 3.51. The molecular formula is C18H30BrNO. The Labute approximate surface area is 138 Å². The van der Waals surface area contributed by atoms with Crippen LogP contribution in [0.4, 0.5) is 0 Å². The van der Waals surface area contributed by atoms with E-state index in [2.05, 4.69) is 68.0 Å². The zero-order valence-electron chi connectivity index (χ0n) is 14.3. The van der Waals surface area contributed by atoms with Gasteiger partial charge in [0.25, 0.3) is 0 Å². The van der Waals surface area contributed by atoms with E-state index in [-0.39, 0.29) is 0 Å². The predicted molar refractivity (Wildman–Crippen MR) is 95.3 cm³/mol. The van der Waals surface area contributed by atoms with Crippen LogP contribution in [0.25, 0.3) is 0 Å². The lowest BCUT2D eigenvalue weighted by atomic mass is 9.83. The summed E-state index contributed by atoms with van der Waals surface area (Å²) >= 11 is 3.62. The Balaban J connectivity index is 2.63. The van der Waals surface area contributed by atoms with Crippen molar-refractivity contribution in [3.63, 3.8) is 0 Å². The lowest BCUT2D eigenvalue weighted by Gasteiger charge is -2.26. The van der Waals surface area contributed by atoms with Crippen molar-refractivity contribution in [2.24, 2.45) is 5.41 Å². The minimum absolute atomic E-state index is 0.338. The van der Waals surface area contributed by atoms with Gasteiger partial charge in [0, 0.05) is 10.5 Å². The Hall–Kier alpha value is -0.540. The molecule has 0 bridgehead atoms. The molecule has 0 aromatic heterocycles. The van der Waals surface area contributed by atoms with Crippen molar-refractivity contribution in [1.29, 1.82) is 0 Å². The second-order valence-electron chi connectivity index (χ2n) is 6.94. The molecule has 0 aliphatic rings. The molecule has 3 heteroatoms. The van der Waals surface area contributed by atoms with Crippen LogP contribution in [-0.2, 0) is 6.42 Å². The molecule has 2 nitrogen and oxygen atoms in total. The first-order valence-corrected chi connectivity index (χ1v) is 8.61. The van der Waals surface area contributed by atoms with Crippen LogP contribution in [0.1, 0.15) is 51.7 Å². The van der Waals surface area contributed by atoms with Gasteiger partial charge in [-0.3, -0.25) is 0 Å². The number of benzene rings is 1. The van der Waals surface area contributed by atoms with E-state index < -0.39 is 0 Å². The van der Waals surface area contributed by atoms with E-state index in [9.17, 15) is 0 Å². The number of aryl methyl sites for hydroxylation is 2. The van der Waals surface area contributed by atoms with Crippen molar-refractivity contribution in [3.8, 4) is 5.75 Å². The lowest BCUT2D eigenvalue weighted by Crippen LogP contribution is -2.28. The zero-order valence-corrected chi connectivity index (χ0v) is 15.9. The molecular weight excluding hydrogens is 326 g/mol. The molecule has 0 aliphatic carbocycles. The van der Waals surface area contributed by atoms with Gasteiger partial charge in [-0.15, -0.1) is 0 Å². The Bertz CT molecular complexity index is 455. The molecule has 0 amide bonds. The molecule has 0 atom stereocenters. The van der Waals surface area contributed by atoms with Crippen molar-refractivity contribution < 1.29 is 4.74 Å². The van der Waals surface area contributed by atoms with Gasteiger partial charge in [-0.1, -0.05) is 43.6 Å². The fourth-order valence-electron chi connectivity index (χ4n) is 2.38. The zero-order chi connectivity index (χ0) is 16.0. The predicted octanol–water partition coefficient (Wildman–Crippen LogP) is 5.11. The van der Waals surface area contributed by atoms with E-state index in [0.717, 1.165) is 23.2 Å². The van der Waals surface area contributed by atoms with E-state index in [1.54, 1.807) is 7.11 Å². The Morgan fingerprint density at radius 1 is 1.24 bits per heavy atom. The molecule has 120 valence electrons. The van der Waals surface area contributed by atoms with Crippen LogP contribution >= 0.6 is 15.9 Å². The summed E-state index contributed by atoms with van der Waals surface area (Å²) in [6, 6.07) is 4.89. The quantitative estimate of drug-likeness (QED) is 0.699. The second kappa shape index (κ2) is 8.19. The number of methoxy groups -OCH3 is 1. The van der Waals surface area contributed by atoms with E-state index in [1.165, 1.54) is 24.0 Å². The minimum atomic E-state index is 0.338. The van der Waals surface area contributed by atoms with Gasteiger partial charge in [-0.25, -0.2) is 0 Å². The van der Waals surface area contributed by atoms with Gasteiger partial charge in [-0.2, -0.15) is 0 Å². The number of hydrogen-bond donors (Lipinski definition) is 1. The summed E-state index contributed by atoms with van der Waals surface area (Å²) in [5.41, 5.74) is 2.85. The van der Waals surface area contributed by atoms with Gasteiger partial charge in [0.15, 0.2) is 0 Å². The molecule has 0 aliphatic heterocycles. The van der Waals surface area contributed by atoms with Crippen LogP contribution < -0.4 is 10.1 Å². The average molecular weight is 356 g/mol. The maximum Gasteiger partial charge on any atom is 0.122 e. The highest BCUT2D eigenvalue weighted by Gasteiger charge is 2.19. The topological polar surface area (TPSA) is 21.3 Å². The molecule has 0 fully saturated rings. The first-order valence-electron chi connectivity index (χ1n) is 7.81. The van der Waals surface area contributed by atoms with Gasteiger partial charge >= 0.3 is 0 Å². The Morgan fingerprint density at radius 3 is 2.48 bits per heavy atom. The number of ether oxygens (including phenoxy) is 1. The van der Waals surface area contributed by atoms with Crippen LogP contribution in [0.3, 0.4) is 0 Å². The maximum atomic E-state index is 5.53. The van der Waals surface area contributed by atoms with Crippen molar-refractivity contribution in [3.05, 3.63) is 27.7 Å². The van der Waals surface area contributed by atoms with E-state index in [0.29, 0.717) is 11.5 Å². The summed E-state index contributed by atoms with van der Waals surface area (Å²) in [7, 11) is 1.75. The number of hydrogen-bond acceptors (Lipinski definition) is 2. The first kappa shape index (κ1) is 18.5. The van der Waals surface area contributed by atoms with Gasteiger partial charge in [0.2, 0.25) is 0 Å². The van der Waals surface area contributed by atoms with E-state index >= 15 is 0 Å². The van der Waals surface area contributed by atoms with Crippen LogP contribution in [0.2, 0.25) is 0 Å². The van der Waals surface area contributed by atoms with Gasteiger partial charge in [0.1, 0.15) is 5.75 Å². The molecule has 1 aromatic carbocycles. The molecule has 1 rings (SSSR count). The fraction of sp³-hybridized carbons (Fsp3) is 0.667. The van der Waals surface area contributed by atoms with E-state index in [4.69, 9.17) is 4.74 Å². The molecule has 0 saturated carbocycles. The van der Waals surface area contributed by atoms with Crippen LogP contribution in [0, 0.1) is 12.3 Å². The highest BCUT2D eigenvalue weighted by molar-refractivity contribution is 9.10. The summed E-state index contributed by atoms with van der Waals surface area (Å²) < 4.78 is 6.69. The Morgan fingerprint density at radius 2 is 1.90 bits per heavy atom. The third-order valence-corrected chi connectivity index (χ3v) is 4.84. The van der Waals surface area contributed by atoms with Crippen LogP contribution in [0.15, 0.2) is 16.6 Å². The smallest absolute Gasteiger partial charge is 0.122 e. The van der Waals surface area contributed by atoms with Gasteiger partial charge < -0.3 is 10.1 Å². The summed E-state index contributed by atoms with van der Waals surface area (Å²) in [6.07, 6.45) is 3.41. The van der Waals surface area contributed by atoms with Crippen molar-refractivity contribution in [2.45, 2.75) is 59.9 Å². The average Bonchev–Trinajstić information content (AvgIpc) is 2.39. The summed E-state index contributed by atoms with van der Waals surface area (Å²) in [5.74, 6) is 1.01. The highest BCUT2D eigenvalue weighted by Crippen LogP contribution is 2.32. The summed E-state index contributed by atoms with van der Waals surface area (Å²) in [6.45, 7) is 12.3. The third kappa shape index (κ3) is 6.39. The second-order valence-corrected chi connectivity index (χ2v) is 7.79. The fourth-order valence-corrected chi connectivity index (χ4v) is 2.77. The number of rotatable bonds is 8. The highest BCUT2D eigenvalue weighted by atomic mass is 79.9. The van der Waals surface area contributed by atoms with Crippen molar-refractivity contribution >= 4 is 15.9 Å². The molecule has 1 aromatic rings. The van der Waals surface area contributed by atoms with Gasteiger partial charge in [-0.05, 0) is 61.4 Å². The molecule has 0 spiro atoms. The molecule has 0 unspecified atom stereocenters. The SMILES string of the molecule is COc1cc(C)c(Br)cc1CCC(C)(C)CCNC(C)C. The van der Waals surface area contributed by atoms with Crippen LogP contribution in [-0.4, -0.2) is 19.7 Å². The first-order chi connectivity index (χ1) is 9.75. The summed E-state index contributed by atoms with van der Waals surface area (Å²) in [4.78, 5) is 0. The van der Waals surface area contributed by atoms with Crippen molar-refractivity contribution in [2.75, 3.05) is 13.7 Å². The van der Waals surface area contributed by atoms with Gasteiger partial charge in [0.05, 0.1) is 7.11 Å². The number of nitrogens with one attached hydrogen (secondary N) is 1. The number of halogens is 1. The molecule has 0 saturated heterocycles. The monoisotopic (exact) mass is 355 g/mol. The Kier molecular flexibility index (Phi) is 7.22. The maximum absolute atomic E-state index is 5.53. The largest absolute Gasteiger partial charge is 0.496 e.